The van der Waals surface area contributed by atoms with Gasteiger partial charge in [0.25, 0.3) is 5.91 Å². The molecule has 1 rings (SSSR count). The average Bonchev–Trinajstić information content (AvgIpc) is 2.84. The molecule has 0 aliphatic heterocycles. The van der Waals surface area contributed by atoms with Gasteiger partial charge in [-0.05, 0) is 12.3 Å². The molecule has 0 fully saturated rings. The van der Waals surface area contributed by atoms with E-state index in [-0.39, 0.29) is 17.2 Å². The lowest BCUT2D eigenvalue weighted by Crippen LogP contribution is -2.42. The van der Waals surface area contributed by atoms with Crippen molar-refractivity contribution in [3.8, 4) is 5.75 Å². The first-order chi connectivity index (χ1) is 9.88. The Morgan fingerprint density at radius 2 is 2.10 bits per heavy atom. The van der Waals surface area contributed by atoms with Gasteiger partial charge in [0.05, 0.1) is 0 Å². The average molecular weight is 314 g/mol. The number of urea groups is 1. The van der Waals surface area contributed by atoms with Gasteiger partial charge in [0.1, 0.15) is 10.6 Å². The van der Waals surface area contributed by atoms with Crippen molar-refractivity contribution in [3.63, 3.8) is 0 Å². The molecule has 1 aromatic heterocycles. The predicted molar refractivity (Wildman–Crippen MR) is 77.8 cm³/mol. The number of thiophene rings is 1. The van der Waals surface area contributed by atoms with Gasteiger partial charge >= 0.3 is 12.0 Å². The minimum Gasteiger partial charge on any atom is -0.483 e. The Labute approximate surface area is 126 Å². The topological polar surface area (TPSA) is 105 Å². The van der Waals surface area contributed by atoms with Gasteiger partial charge in [-0.25, -0.2) is 9.59 Å². The number of carbonyl (C=O) groups is 3. The summed E-state index contributed by atoms with van der Waals surface area (Å²) in [6, 6.07) is 0.754. The minimum absolute atomic E-state index is 0.122. The Hall–Kier alpha value is -2.09. The zero-order valence-electron chi connectivity index (χ0n) is 11.8. The molecule has 0 radical (unpaired) electrons. The SMILES string of the molecule is CC(C)CCNC(=O)NC(=O)COc1csc(C(=O)O)c1. The van der Waals surface area contributed by atoms with Crippen LogP contribution in [0.5, 0.6) is 5.75 Å². The van der Waals surface area contributed by atoms with Crippen LogP contribution in [-0.2, 0) is 4.79 Å². The van der Waals surface area contributed by atoms with Gasteiger partial charge < -0.3 is 15.2 Å². The summed E-state index contributed by atoms with van der Waals surface area (Å²) < 4.78 is 5.10. The van der Waals surface area contributed by atoms with Crippen molar-refractivity contribution in [1.82, 2.24) is 10.6 Å². The Kier molecular flexibility index (Phi) is 6.67. The molecule has 0 atom stereocenters. The lowest BCUT2D eigenvalue weighted by Gasteiger charge is -2.08. The smallest absolute Gasteiger partial charge is 0.346 e. The molecule has 3 N–H and O–H groups in total. The van der Waals surface area contributed by atoms with E-state index in [1.54, 1.807) is 0 Å². The first-order valence-corrected chi connectivity index (χ1v) is 7.28. The van der Waals surface area contributed by atoms with Crippen LogP contribution in [0.15, 0.2) is 11.4 Å². The maximum absolute atomic E-state index is 11.5. The van der Waals surface area contributed by atoms with Crippen molar-refractivity contribution < 1.29 is 24.2 Å². The maximum atomic E-state index is 11.5. The summed E-state index contributed by atoms with van der Waals surface area (Å²) in [5, 5.41) is 14.9. The highest BCUT2D eigenvalue weighted by atomic mass is 32.1. The summed E-state index contributed by atoms with van der Waals surface area (Å²) in [6.07, 6.45) is 0.824. The Morgan fingerprint density at radius 3 is 2.67 bits per heavy atom. The molecule has 0 saturated carbocycles. The zero-order chi connectivity index (χ0) is 15.8. The standard InChI is InChI=1S/C13H18N2O5S/c1-8(2)3-4-14-13(19)15-11(16)6-20-9-5-10(12(17)18)21-7-9/h5,7-8H,3-4,6H2,1-2H3,(H,17,18)(H2,14,15,16,19). The van der Waals surface area contributed by atoms with E-state index in [0.717, 1.165) is 17.8 Å². The lowest BCUT2D eigenvalue weighted by molar-refractivity contribution is -0.122. The number of carboxylic acids is 1. The molecule has 0 aliphatic carbocycles. The van der Waals surface area contributed by atoms with Gasteiger partial charge in [0.15, 0.2) is 6.61 Å². The first kappa shape index (κ1) is 17.0. The first-order valence-electron chi connectivity index (χ1n) is 6.40. The minimum atomic E-state index is -1.05. The highest BCUT2D eigenvalue weighted by Crippen LogP contribution is 2.21. The third kappa shape index (κ3) is 6.75. The third-order valence-corrected chi connectivity index (χ3v) is 3.31. The van der Waals surface area contributed by atoms with E-state index in [0.29, 0.717) is 12.5 Å². The number of aromatic carboxylic acids is 1. The van der Waals surface area contributed by atoms with Crippen molar-refractivity contribution in [2.75, 3.05) is 13.2 Å². The van der Waals surface area contributed by atoms with Gasteiger partial charge in [-0.2, -0.15) is 0 Å². The van der Waals surface area contributed by atoms with Gasteiger partial charge in [0.2, 0.25) is 0 Å². The fraction of sp³-hybridized carbons (Fsp3) is 0.462. The summed E-state index contributed by atoms with van der Waals surface area (Å²) >= 11 is 1.00. The van der Waals surface area contributed by atoms with E-state index in [9.17, 15) is 14.4 Å². The fourth-order valence-corrected chi connectivity index (χ4v) is 2.00. The molecule has 0 aromatic carbocycles. The van der Waals surface area contributed by atoms with Gasteiger partial charge in [-0.15, -0.1) is 11.3 Å². The molecule has 7 nitrogen and oxygen atoms in total. The highest BCUT2D eigenvalue weighted by molar-refractivity contribution is 7.12. The van der Waals surface area contributed by atoms with Crippen LogP contribution in [0.1, 0.15) is 29.9 Å². The molecular formula is C13H18N2O5S. The molecule has 1 heterocycles. The van der Waals surface area contributed by atoms with Crippen LogP contribution < -0.4 is 15.4 Å². The molecule has 0 bridgehead atoms. The number of amides is 3. The van der Waals surface area contributed by atoms with Crippen molar-refractivity contribution in [3.05, 3.63) is 16.3 Å². The van der Waals surface area contributed by atoms with E-state index in [2.05, 4.69) is 10.6 Å². The van der Waals surface area contributed by atoms with Crippen molar-refractivity contribution >= 4 is 29.2 Å². The number of imide groups is 1. The second-order valence-electron chi connectivity index (χ2n) is 4.73. The molecule has 0 spiro atoms. The molecule has 8 heteroatoms. The monoisotopic (exact) mass is 314 g/mol. The molecule has 3 amide bonds. The van der Waals surface area contributed by atoms with Crippen LogP contribution in [0.3, 0.4) is 0 Å². The molecule has 1 aromatic rings. The summed E-state index contributed by atoms with van der Waals surface area (Å²) in [7, 11) is 0. The molecule has 0 saturated heterocycles. The highest BCUT2D eigenvalue weighted by Gasteiger charge is 2.11. The second kappa shape index (κ2) is 8.25. The predicted octanol–water partition coefficient (Wildman–Crippen LogP) is 1.70. The maximum Gasteiger partial charge on any atom is 0.346 e. The van der Waals surface area contributed by atoms with E-state index >= 15 is 0 Å². The quantitative estimate of drug-likeness (QED) is 0.710. The van der Waals surface area contributed by atoms with Crippen LogP contribution in [0, 0.1) is 5.92 Å². The number of carbonyl (C=O) groups excluding carboxylic acids is 2. The van der Waals surface area contributed by atoms with Crippen molar-refractivity contribution in [2.24, 2.45) is 5.92 Å². The molecule has 0 unspecified atom stereocenters. The Balaban J connectivity index is 2.26. The summed E-state index contributed by atoms with van der Waals surface area (Å²) in [4.78, 5) is 33.6. The fourth-order valence-electron chi connectivity index (χ4n) is 1.34. The van der Waals surface area contributed by atoms with Crippen molar-refractivity contribution in [1.29, 1.82) is 0 Å². The van der Waals surface area contributed by atoms with E-state index in [1.165, 1.54) is 11.4 Å². The van der Waals surface area contributed by atoms with Crippen LogP contribution in [0.4, 0.5) is 4.79 Å². The van der Waals surface area contributed by atoms with Gasteiger partial charge in [-0.3, -0.25) is 10.1 Å². The zero-order valence-corrected chi connectivity index (χ0v) is 12.7. The molecule has 21 heavy (non-hydrogen) atoms. The number of carboxylic acid groups (broad SMARTS) is 1. The van der Waals surface area contributed by atoms with Crippen LogP contribution >= 0.6 is 11.3 Å². The van der Waals surface area contributed by atoms with Crippen LogP contribution in [0.2, 0.25) is 0 Å². The van der Waals surface area contributed by atoms with Gasteiger partial charge in [0, 0.05) is 18.0 Å². The normalized spacial score (nSPS) is 10.2. The van der Waals surface area contributed by atoms with E-state index in [1.807, 2.05) is 13.8 Å². The van der Waals surface area contributed by atoms with Crippen molar-refractivity contribution in [2.45, 2.75) is 20.3 Å². The summed E-state index contributed by atoms with van der Waals surface area (Å²) in [5.41, 5.74) is 0. The largest absolute Gasteiger partial charge is 0.483 e. The Morgan fingerprint density at radius 1 is 1.38 bits per heavy atom. The summed E-state index contributed by atoms with van der Waals surface area (Å²) in [5.74, 6) is -0.900. The molecular weight excluding hydrogens is 296 g/mol. The third-order valence-electron chi connectivity index (χ3n) is 2.42. The number of hydrogen-bond donors (Lipinski definition) is 3. The van der Waals surface area contributed by atoms with Crippen LogP contribution in [0.25, 0.3) is 0 Å². The second-order valence-corrected chi connectivity index (χ2v) is 5.64. The molecule has 116 valence electrons. The van der Waals surface area contributed by atoms with Crippen LogP contribution in [-0.4, -0.2) is 36.2 Å². The number of rotatable bonds is 7. The van der Waals surface area contributed by atoms with Gasteiger partial charge in [-0.1, -0.05) is 13.8 Å². The summed E-state index contributed by atoms with van der Waals surface area (Å²) in [6.45, 7) is 4.20. The molecule has 0 aliphatic rings. The number of ether oxygens (including phenoxy) is 1. The Bertz CT molecular complexity index is 512. The lowest BCUT2D eigenvalue weighted by atomic mass is 10.1. The van der Waals surface area contributed by atoms with E-state index < -0.39 is 17.9 Å². The number of hydrogen-bond acceptors (Lipinski definition) is 5. The number of nitrogens with one attached hydrogen (secondary N) is 2. The van der Waals surface area contributed by atoms with E-state index in [4.69, 9.17) is 9.84 Å².